The van der Waals surface area contributed by atoms with Crippen molar-refractivity contribution >= 4 is 11.6 Å². The van der Waals surface area contributed by atoms with Gasteiger partial charge in [0, 0.05) is 12.6 Å². The Kier molecular flexibility index (Phi) is 6.13. The third-order valence-electron chi connectivity index (χ3n) is 5.46. The number of carbonyl (C=O) groups excluding carboxylic acids is 1. The van der Waals surface area contributed by atoms with Gasteiger partial charge in [-0.1, -0.05) is 0 Å². The van der Waals surface area contributed by atoms with Gasteiger partial charge in [-0.25, -0.2) is 0 Å². The van der Waals surface area contributed by atoms with Gasteiger partial charge < -0.3 is 19.9 Å². The summed E-state index contributed by atoms with van der Waals surface area (Å²) in [5.74, 6) is 0.968. The second-order valence-electron chi connectivity index (χ2n) is 7.42. The van der Waals surface area contributed by atoms with Crippen molar-refractivity contribution in [1.82, 2.24) is 9.78 Å². The number of ether oxygens (including phenoxy) is 1. The molecule has 7 heteroatoms. The Morgan fingerprint density at radius 3 is 2.33 bits per heavy atom. The van der Waals surface area contributed by atoms with E-state index >= 15 is 0 Å². The van der Waals surface area contributed by atoms with E-state index in [-0.39, 0.29) is 5.91 Å². The summed E-state index contributed by atoms with van der Waals surface area (Å²) >= 11 is 0. The zero-order chi connectivity index (χ0) is 19.4. The van der Waals surface area contributed by atoms with Crippen LogP contribution in [0.25, 0.3) is 0 Å². The molecule has 0 bridgehead atoms. The van der Waals surface area contributed by atoms with Crippen molar-refractivity contribution < 1.29 is 19.3 Å². The molecule has 0 unspecified atom stereocenters. The molecule has 1 aliphatic heterocycles. The molecule has 1 amide bonds. The number of nitrogens with zero attached hydrogens (tertiary/aromatic N) is 2. The van der Waals surface area contributed by atoms with Gasteiger partial charge in [-0.15, -0.1) is 0 Å². The number of benzene rings is 1. The van der Waals surface area contributed by atoms with Crippen molar-refractivity contribution in [3.63, 3.8) is 0 Å². The maximum atomic E-state index is 12.4. The predicted octanol–water partition coefficient (Wildman–Crippen LogP) is -1.03. The molecule has 3 rings (SSSR count). The zero-order valence-corrected chi connectivity index (χ0v) is 16.8. The quantitative estimate of drug-likeness (QED) is 0.607. The van der Waals surface area contributed by atoms with Gasteiger partial charge in [-0.2, -0.15) is 5.10 Å². The van der Waals surface area contributed by atoms with Crippen molar-refractivity contribution in [3.05, 3.63) is 41.2 Å². The normalized spacial score (nSPS) is 19.7. The van der Waals surface area contributed by atoms with Crippen molar-refractivity contribution in [2.24, 2.45) is 7.05 Å². The minimum absolute atomic E-state index is 0.0720. The molecular formula is C20H31N5O2+2. The molecule has 0 aliphatic carbocycles. The number of aromatic nitrogens is 2. The Morgan fingerprint density at radius 1 is 1.15 bits per heavy atom. The summed E-state index contributed by atoms with van der Waals surface area (Å²) in [6.07, 6.45) is 0. The number of nitrogens with one attached hydrogen (secondary N) is 3. The van der Waals surface area contributed by atoms with Gasteiger partial charge in [0.15, 0.2) is 6.54 Å². The van der Waals surface area contributed by atoms with Crippen molar-refractivity contribution in [2.45, 2.75) is 20.4 Å². The summed E-state index contributed by atoms with van der Waals surface area (Å²) in [5, 5.41) is 7.40. The molecule has 146 valence electrons. The SMILES string of the molecule is COc1ccc(C[NH+]2CC[NH+](CC(=O)Nc3c(C)nn(C)c3C)CC2)cc1. The number of anilines is 1. The fourth-order valence-corrected chi connectivity index (χ4v) is 3.71. The highest BCUT2D eigenvalue weighted by Gasteiger charge is 2.25. The molecular weight excluding hydrogens is 342 g/mol. The van der Waals surface area contributed by atoms with Crippen LogP contribution < -0.4 is 19.9 Å². The van der Waals surface area contributed by atoms with Gasteiger partial charge in [0.25, 0.3) is 5.91 Å². The van der Waals surface area contributed by atoms with E-state index in [0.29, 0.717) is 6.54 Å². The number of rotatable bonds is 6. The molecule has 1 aromatic heterocycles. The Balaban J connectivity index is 1.45. The van der Waals surface area contributed by atoms with E-state index in [9.17, 15) is 4.79 Å². The molecule has 1 aliphatic rings. The third kappa shape index (κ3) is 4.87. The summed E-state index contributed by atoms with van der Waals surface area (Å²) in [5.41, 5.74) is 4.04. The van der Waals surface area contributed by atoms with Crippen LogP contribution >= 0.6 is 0 Å². The monoisotopic (exact) mass is 373 g/mol. The highest BCUT2D eigenvalue weighted by atomic mass is 16.5. The lowest BCUT2D eigenvalue weighted by molar-refractivity contribution is -1.02. The molecule has 2 aromatic rings. The molecule has 27 heavy (non-hydrogen) atoms. The molecule has 0 atom stereocenters. The number of piperazine rings is 1. The zero-order valence-electron chi connectivity index (χ0n) is 16.8. The van der Waals surface area contributed by atoms with Crippen LogP contribution in [0.2, 0.25) is 0 Å². The molecule has 2 heterocycles. The minimum Gasteiger partial charge on any atom is -0.497 e. The second kappa shape index (κ2) is 8.54. The van der Waals surface area contributed by atoms with E-state index in [1.165, 1.54) is 10.5 Å². The van der Waals surface area contributed by atoms with Crippen LogP contribution in [-0.4, -0.2) is 55.5 Å². The van der Waals surface area contributed by atoms with Gasteiger partial charge in [0.1, 0.15) is 38.5 Å². The topological polar surface area (TPSA) is 65.0 Å². The van der Waals surface area contributed by atoms with E-state index in [1.54, 1.807) is 16.7 Å². The lowest BCUT2D eigenvalue weighted by Gasteiger charge is -2.29. The maximum Gasteiger partial charge on any atom is 0.279 e. The molecule has 0 spiro atoms. The van der Waals surface area contributed by atoms with Gasteiger partial charge in [0.05, 0.1) is 24.2 Å². The smallest absolute Gasteiger partial charge is 0.279 e. The number of hydrogen-bond donors (Lipinski definition) is 3. The van der Waals surface area contributed by atoms with Crippen molar-refractivity contribution in [2.75, 3.05) is 45.2 Å². The lowest BCUT2D eigenvalue weighted by Crippen LogP contribution is -3.28. The Hall–Kier alpha value is -2.38. The largest absolute Gasteiger partial charge is 0.497 e. The first-order chi connectivity index (χ1) is 13.0. The first-order valence-corrected chi connectivity index (χ1v) is 9.56. The van der Waals surface area contributed by atoms with Crippen LogP contribution in [-0.2, 0) is 18.4 Å². The number of aryl methyl sites for hydroxylation is 2. The number of hydrogen-bond acceptors (Lipinski definition) is 3. The standard InChI is InChI=1S/C20H29N5O2/c1-15-20(16(2)23(3)22-15)21-19(26)14-25-11-9-24(10-12-25)13-17-5-7-18(27-4)8-6-17/h5-8H,9-14H2,1-4H3,(H,21,26)/p+2. The van der Waals surface area contributed by atoms with Gasteiger partial charge >= 0.3 is 0 Å². The first kappa shape index (κ1) is 19.4. The summed E-state index contributed by atoms with van der Waals surface area (Å²) in [4.78, 5) is 15.4. The predicted molar refractivity (Wildman–Crippen MR) is 104 cm³/mol. The van der Waals surface area contributed by atoms with Crippen LogP contribution in [0.5, 0.6) is 5.75 Å². The number of amides is 1. The fourth-order valence-electron chi connectivity index (χ4n) is 3.71. The Morgan fingerprint density at radius 2 is 1.78 bits per heavy atom. The van der Waals surface area contributed by atoms with E-state index in [1.807, 2.05) is 33.0 Å². The summed E-state index contributed by atoms with van der Waals surface area (Å²) in [7, 11) is 3.59. The molecule has 7 nitrogen and oxygen atoms in total. The highest BCUT2D eigenvalue weighted by molar-refractivity contribution is 5.92. The minimum atomic E-state index is 0.0720. The molecule has 0 radical (unpaired) electrons. The molecule has 0 saturated carbocycles. The number of quaternary nitrogens is 2. The molecule has 1 fully saturated rings. The Bertz CT molecular complexity index is 776. The van der Waals surface area contributed by atoms with Gasteiger partial charge in [-0.05, 0) is 38.1 Å². The van der Waals surface area contributed by atoms with Crippen LogP contribution in [0.1, 0.15) is 17.0 Å². The summed E-state index contributed by atoms with van der Waals surface area (Å²) in [6, 6.07) is 8.31. The average Bonchev–Trinajstić information content (AvgIpc) is 2.90. The van der Waals surface area contributed by atoms with Crippen LogP contribution in [0.15, 0.2) is 24.3 Å². The molecule has 1 aromatic carbocycles. The van der Waals surface area contributed by atoms with E-state index in [4.69, 9.17) is 4.74 Å². The third-order valence-corrected chi connectivity index (χ3v) is 5.46. The van der Waals surface area contributed by atoms with Gasteiger partial charge in [0.2, 0.25) is 0 Å². The summed E-state index contributed by atoms with van der Waals surface area (Å²) < 4.78 is 7.02. The highest BCUT2D eigenvalue weighted by Crippen LogP contribution is 2.17. The van der Waals surface area contributed by atoms with Gasteiger partial charge in [-0.3, -0.25) is 9.48 Å². The van der Waals surface area contributed by atoms with Crippen LogP contribution in [0.4, 0.5) is 5.69 Å². The number of carbonyl (C=O) groups is 1. The number of methoxy groups -OCH3 is 1. The molecule has 3 N–H and O–H groups in total. The summed E-state index contributed by atoms with van der Waals surface area (Å²) in [6.45, 7) is 9.65. The van der Waals surface area contributed by atoms with Crippen LogP contribution in [0.3, 0.4) is 0 Å². The van der Waals surface area contributed by atoms with Crippen molar-refractivity contribution in [3.8, 4) is 5.75 Å². The average molecular weight is 374 g/mol. The first-order valence-electron chi connectivity index (χ1n) is 9.56. The van der Waals surface area contributed by atoms with Crippen molar-refractivity contribution in [1.29, 1.82) is 0 Å². The van der Waals surface area contributed by atoms with E-state index in [2.05, 4.69) is 22.5 Å². The second-order valence-corrected chi connectivity index (χ2v) is 7.42. The Labute approximate surface area is 160 Å². The molecule has 1 saturated heterocycles. The maximum absolute atomic E-state index is 12.4. The fraction of sp³-hybridized carbons (Fsp3) is 0.500. The van der Waals surface area contributed by atoms with Crippen LogP contribution in [0, 0.1) is 13.8 Å². The van der Waals surface area contributed by atoms with E-state index < -0.39 is 0 Å². The lowest BCUT2D eigenvalue weighted by atomic mass is 10.2. The van der Waals surface area contributed by atoms with E-state index in [0.717, 1.165) is 55.5 Å².